The predicted molar refractivity (Wildman–Crippen MR) is 94.0 cm³/mol. The third-order valence-electron chi connectivity index (χ3n) is 5.10. The number of likely N-dealkylation sites (tertiary alicyclic amines) is 1. The molecule has 1 saturated carbocycles. The van der Waals surface area contributed by atoms with E-state index >= 15 is 0 Å². The van der Waals surface area contributed by atoms with Gasteiger partial charge < -0.3 is 14.4 Å². The average molecular weight is 385 g/mol. The maximum atomic E-state index is 12.8. The lowest BCUT2D eigenvalue weighted by Gasteiger charge is -2.25. The van der Waals surface area contributed by atoms with E-state index in [-0.39, 0.29) is 18.8 Å². The standard InChI is InChI=1S/C20H26F3NO3/c1-19(2,3)27-18(25)24-10-14-8-17(9-15(14)11-24)26-12-13-5-4-6-16(7-13)20(21,22)23/h4-7,14-15,17H,8-12H2,1-3H3/t14-,15+,17+. The molecule has 1 aliphatic carbocycles. The zero-order chi connectivity index (χ0) is 19.8. The number of benzene rings is 1. The van der Waals surface area contributed by atoms with Gasteiger partial charge in [0, 0.05) is 13.1 Å². The average Bonchev–Trinajstić information content (AvgIpc) is 3.09. The summed E-state index contributed by atoms with van der Waals surface area (Å²) in [6.07, 6.45) is -2.95. The van der Waals surface area contributed by atoms with Gasteiger partial charge in [0.2, 0.25) is 0 Å². The molecule has 2 aliphatic rings. The summed E-state index contributed by atoms with van der Waals surface area (Å²) in [5, 5.41) is 0. The van der Waals surface area contributed by atoms with Crippen molar-refractivity contribution in [1.29, 1.82) is 0 Å². The van der Waals surface area contributed by atoms with Crippen molar-refractivity contribution in [3.8, 4) is 0 Å². The second kappa shape index (κ2) is 7.34. The Morgan fingerprint density at radius 3 is 2.33 bits per heavy atom. The maximum absolute atomic E-state index is 12.8. The number of hydrogen-bond acceptors (Lipinski definition) is 3. The van der Waals surface area contributed by atoms with Crippen LogP contribution >= 0.6 is 0 Å². The SMILES string of the molecule is CC(C)(C)OC(=O)N1C[C@H]2C[C@H](OCc3cccc(C(F)(F)F)c3)C[C@H]2C1. The van der Waals surface area contributed by atoms with Gasteiger partial charge in [-0.15, -0.1) is 0 Å². The molecule has 1 amide bonds. The number of carbonyl (C=O) groups excluding carboxylic acids is 1. The lowest BCUT2D eigenvalue weighted by atomic mass is 10.0. The van der Waals surface area contributed by atoms with Crippen molar-refractivity contribution in [3.05, 3.63) is 35.4 Å². The molecule has 3 atom stereocenters. The van der Waals surface area contributed by atoms with Crippen molar-refractivity contribution in [2.75, 3.05) is 13.1 Å². The Balaban J connectivity index is 1.48. The highest BCUT2D eigenvalue weighted by molar-refractivity contribution is 5.68. The molecule has 7 heteroatoms. The number of halogens is 3. The largest absolute Gasteiger partial charge is 0.444 e. The Hall–Kier alpha value is -1.76. The van der Waals surface area contributed by atoms with Crippen LogP contribution in [0.15, 0.2) is 24.3 Å². The van der Waals surface area contributed by atoms with E-state index in [1.54, 1.807) is 11.0 Å². The molecule has 0 spiro atoms. The number of nitrogens with zero attached hydrogens (tertiary/aromatic N) is 1. The van der Waals surface area contributed by atoms with Gasteiger partial charge in [0.1, 0.15) is 5.60 Å². The van der Waals surface area contributed by atoms with E-state index in [4.69, 9.17) is 9.47 Å². The minimum atomic E-state index is -4.34. The quantitative estimate of drug-likeness (QED) is 0.745. The van der Waals surface area contributed by atoms with Crippen LogP contribution in [0.2, 0.25) is 0 Å². The van der Waals surface area contributed by atoms with Gasteiger partial charge in [-0.05, 0) is 63.1 Å². The van der Waals surface area contributed by atoms with Crippen LogP contribution in [0.25, 0.3) is 0 Å². The predicted octanol–water partition coefficient (Wildman–Crippen LogP) is 4.87. The molecule has 0 bridgehead atoms. The van der Waals surface area contributed by atoms with E-state index in [1.807, 2.05) is 20.8 Å². The molecule has 2 fully saturated rings. The lowest BCUT2D eigenvalue weighted by Crippen LogP contribution is -2.36. The molecule has 1 saturated heterocycles. The first-order valence-corrected chi connectivity index (χ1v) is 9.27. The summed E-state index contributed by atoms with van der Waals surface area (Å²) < 4.78 is 49.6. The van der Waals surface area contributed by atoms with Crippen LogP contribution in [-0.4, -0.2) is 35.8 Å². The summed E-state index contributed by atoms with van der Waals surface area (Å²) in [6, 6.07) is 5.26. The summed E-state index contributed by atoms with van der Waals surface area (Å²) in [4.78, 5) is 13.9. The summed E-state index contributed by atoms with van der Waals surface area (Å²) in [6.45, 7) is 7.02. The molecule has 1 aromatic carbocycles. The monoisotopic (exact) mass is 385 g/mol. The molecule has 1 aromatic rings. The Kier molecular flexibility index (Phi) is 5.43. The fourth-order valence-electron chi connectivity index (χ4n) is 3.91. The van der Waals surface area contributed by atoms with E-state index in [2.05, 4.69) is 0 Å². The van der Waals surface area contributed by atoms with Crippen LogP contribution in [0, 0.1) is 11.8 Å². The van der Waals surface area contributed by atoms with Gasteiger partial charge >= 0.3 is 12.3 Å². The van der Waals surface area contributed by atoms with Crippen LogP contribution in [0.4, 0.5) is 18.0 Å². The molecule has 1 heterocycles. The normalized spacial score (nSPS) is 25.6. The molecule has 0 unspecified atom stereocenters. The van der Waals surface area contributed by atoms with E-state index < -0.39 is 17.3 Å². The lowest BCUT2D eigenvalue weighted by molar-refractivity contribution is -0.137. The van der Waals surface area contributed by atoms with Crippen molar-refractivity contribution in [2.45, 2.75) is 58.1 Å². The van der Waals surface area contributed by atoms with E-state index in [1.165, 1.54) is 6.07 Å². The van der Waals surface area contributed by atoms with Gasteiger partial charge in [0.05, 0.1) is 18.3 Å². The fourth-order valence-corrected chi connectivity index (χ4v) is 3.91. The number of ether oxygens (including phenoxy) is 2. The summed E-state index contributed by atoms with van der Waals surface area (Å²) in [5.74, 6) is 0.730. The third-order valence-corrected chi connectivity index (χ3v) is 5.10. The number of carbonyl (C=O) groups is 1. The smallest absolute Gasteiger partial charge is 0.416 e. The molecular formula is C20H26F3NO3. The van der Waals surface area contributed by atoms with Crippen LogP contribution in [0.1, 0.15) is 44.7 Å². The molecule has 0 radical (unpaired) electrons. The summed E-state index contributed by atoms with van der Waals surface area (Å²) in [7, 11) is 0. The van der Waals surface area contributed by atoms with Crippen molar-refractivity contribution < 1.29 is 27.4 Å². The van der Waals surface area contributed by atoms with Crippen LogP contribution in [0.3, 0.4) is 0 Å². The van der Waals surface area contributed by atoms with Crippen LogP contribution in [0.5, 0.6) is 0 Å². The highest BCUT2D eigenvalue weighted by Gasteiger charge is 2.43. The molecule has 27 heavy (non-hydrogen) atoms. The highest BCUT2D eigenvalue weighted by atomic mass is 19.4. The number of alkyl halides is 3. The molecule has 0 aromatic heterocycles. The van der Waals surface area contributed by atoms with E-state index in [0.29, 0.717) is 30.5 Å². The number of rotatable bonds is 3. The fraction of sp³-hybridized carbons (Fsp3) is 0.650. The third kappa shape index (κ3) is 5.15. The van der Waals surface area contributed by atoms with Crippen LogP contribution in [-0.2, 0) is 22.3 Å². The number of fused-ring (bicyclic) bond motifs is 1. The van der Waals surface area contributed by atoms with Gasteiger partial charge in [-0.2, -0.15) is 13.2 Å². The van der Waals surface area contributed by atoms with E-state index in [9.17, 15) is 18.0 Å². The zero-order valence-electron chi connectivity index (χ0n) is 15.9. The van der Waals surface area contributed by atoms with Crippen molar-refractivity contribution in [3.63, 3.8) is 0 Å². The molecule has 150 valence electrons. The topological polar surface area (TPSA) is 38.8 Å². The van der Waals surface area contributed by atoms with Gasteiger partial charge in [-0.1, -0.05) is 12.1 Å². The Morgan fingerprint density at radius 1 is 1.15 bits per heavy atom. The Bertz CT molecular complexity index is 670. The highest BCUT2D eigenvalue weighted by Crippen LogP contribution is 2.40. The number of hydrogen-bond donors (Lipinski definition) is 0. The van der Waals surface area contributed by atoms with Crippen molar-refractivity contribution in [2.24, 2.45) is 11.8 Å². The van der Waals surface area contributed by atoms with Gasteiger partial charge in [0.25, 0.3) is 0 Å². The molecule has 1 aliphatic heterocycles. The van der Waals surface area contributed by atoms with Crippen molar-refractivity contribution in [1.82, 2.24) is 4.90 Å². The second-order valence-electron chi connectivity index (χ2n) is 8.51. The Morgan fingerprint density at radius 2 is 1.78 bits per heavy atom. The minimum Gasteiger partial charge on any atom is -0.444 e. The molecule has 4 nitrogen and oxygen atoms in total. The van der Waals surface area contributed by atoms with Crippen molar-refractivity contribution >= 4 is 6.09 Å². The van der Waals surface area contributed by atoms with Gasteiger partial charge in [-0.25, -0.2) is 4.79 Å². The van der Waals surface area contributed by atoms with Gasteiger partial charge in [-0.3, -0.25) is 0 Å². The first kappa shape index (κ1) is 20.0. The van der Waals surface area contributed by atoms with Crippen LogP contribution < -0.4 is 0 Å². The Labute approximate surface area is 157 Å². The number of amides is 1. The summed E-state index contributed by atoms with van der Waals surface area (Å²) in [5.41, 5.74) is -0.636. The zero-order valence-corrected chi connectivity index (χ0v) is 15.9. The maximum Gasteiger partial charge on any atom is 0.416 e. The van der Waals surface area contributed by atoms with Gasteiger partial charge in [0.15, 0.2) is 0 Å². The minimum absolute atomic E-state index is 0.0235. The molecular weight excluding hydrogens is 359 g/mol. The first-order valence-electron chi connectivity index (χ1n) is 9.27. The molecule has 3 rings (SSSR count). The first-order chi connectivity index (χ1) is 12.5. The molecule has 0 N–H and O–H groups in total. The summed E-state index contributed by atoms with van der Waals surface area (Å²) >= 11 is 0. The second-order valence-corrected chi connectivity index (χ2v) is 8.51. The van der Waals surface area contributed by atoms with E-state index in [0.717, 1.165) is 25.0 Å².